The summed E-state index contributed by atoms with van der Waals surface area (Å²) in [5.41, 5.74) is 2.89. The summed E-state index contributed by atoms with van der Waals surface area (Å²) in [6.45, 7) is 3.94. The molecular weight excluding hydrogens is 300 g/mol. The van der Waals surface area contributed by atoms with Crippen molar-refractivity contribution in [3.05, 3.63) is 53.7 Å². The minimum Gasteiger partial charge on any atom is -0.370 e. The van der Waals surface area contributed by atoms with E-state index in [-0.39, 0.29) is 5.91 Å². The van der Waals surface area contributed by atoms with E-state index in [9.17, 15) is 4.79 Å². The number of hydrogen-bond donors (Lipinski definition) is 2. The molecule has 0 aliphatic rings. The third kappa shape index (κ3) is 6.38. The largest absolute Gasteiger partial charge is 0.370 e. The Kier molecular flexibility index (Phi) is 6.75. The number of aryl methyl sites for hydroxylation is 1. The fourth-order valence-corrected chi connectivity index (χ4v) is 2.40. The van der Waals surface area contributed by atoms with Crippen molar-refractivity contribution in [1.29, 1.82) is 0 Å². The second kappa shape index (κ2) is 9.03. The van der Waals surface area contributed by atoms with Crippen LogP contribution in [0.3, 0.4) is 0 Å². The highest BCUT2D eigenvalue weighted by molar-refractivity contribution is 5.92. The molecule has 2 rings (SSSR count). The molecule has 2 aromatic rings. The lowest BCUT2D eigenvalue weighted by Crippen LogP contribution is -2.17. The second-order valence-electron chi connectivity index (χ2n) is 6.23. The standard InChI is InChI=1S/C19H26N4O/c1-15-6-4-7-16(12-15)13-19(24)22-17-8-9-18(21-14-17)20-10-5-11-23(2)3/h4,6-9,12,14H,5,10-11,13H2,1-3H3,(H,20,21)(H,22,24). The maximum absolute atomic E-state index is 12.1. The Balaban J connectivity index is 1.79. The molecule has 0 radical (unpaired) electrons. The van der Waals surface area contributed by atoms with Crippen molar-refractivity contribution in [3.63, 3.8) is 0 Å². The maximum atomic E-state index is 12.1. The first-order chi connectivity index (χ1) is 11.5. The molecule has 1 aromatic carbocycles. The van der Waals surface area contributed by atoms with Gasteiger partial charge in [0.15, 0.2) is 0 Å². The number of amides is 1. The zero-order valence-electron chi connectivity index (χ0n) is 14.7. The van der Waals surface area contributed by atoms with Gasteiger partial charge in [0, 0.05) is 6.54 Å². The SMILES string of the molecule is Cc1cccc(CC(=O)Nc2ccc(NCCCN(C)C)nc2)c1. The molecule has 1 heterocycles. The molecule has 0 saturated carbocycles. The number of nitrogens with zero attached hydrogens (tertiary/aromatic N) is 2. The molecular formula is C19H26N4O. The van der Waals surface area contributed by atoms with Crippen LogP contribution in [0.4, 0.5) is 11.5 Å². The molecule has 5 heteroatoms. The van der Waals surface area contributed by atoms with Crippen LogP contribution >= 0.6 is 0 Å². The van der Waals surface area contributed by atoms with E-state index in [2.05, 4.69) is 34.6 Å². The summed E-state index contributed by atoms with van der Waals surface area (Å²) < 4.78 is 0. The van der Waals surface area contributed by atoms with Gasteiger partial charge >= 0.3 is 0 Å². The molecule has 0 bridgehead atoms. The van der Waals surface area contributed by atoms with E-state index in [0.717, 1.165) is 36.5 Å². The van der Waals surface area contributed by atoms with Crippen LogP contribution in [0.2, 0.25) is 0 Å². The van der Waals surface area contributed by atoms with Crippen LogP contribution in [-0.4, -0.2) is 43.0 Å². The van der Waals surface area contributed by atoms with Gasteiger partial charge in [0.1, 0.15) is 5.82 Å². The van der Waals surface area contributed by atoms with Crippen molar-refractivity contribution in [2.75, 3.05) is 37.8 Å². The van der Waals surface area contributed by atoms with Gasteiger partial charge in [0.05, 0.1) is 18.3 Å². The molecule has 1 amide bonds. The highest BCUT2D eigenvalue weighted by Gasteiger charge is 2.05. The fraction of sp³-hybridized carbons (Fsp3) is 0.368. The van der Waals surface area contributed by atoms with E-state index in [1.54, 1.807) is 6.20 Å². The zero-order valence-corrected chi connectivity index (χ0v) is 14.7. The maximum Gasteiger partial charge on any atom is 0.228 e. The second-order valence-corrected chi connectivity index (χ2v) is 6.23. The van der Waals surface area contributed by atoms with E-state index in [4.69, 9.17) is 0 Å². The quantitative estimate of drug-likeness (QED) is 0.732. The molecule has 1 aromatic heterocycles. The Labute approximate surface area is 144 Å². The van der Waals surface area contributed by atoms with Crippen LogP contribution < -0.4 is 10.6 Å². The van der Waals surface area contributed by atoms with Gasteiger partial charge in [0.2, 0.25) is 5.91 Å². The van der Waals surface area contributed by atoms with E-state index in [1.807, 2.05) is 43.3 Å². The number of aromatic nitrogens is 1. The number of pyridine rings is 1. The first kappa shape index (κ1) is 17.9. The highest BCUT2D eigenvalue weighted by Crippen LogP contribution is 2.11. The van der Waals surface area contributed by atoms with Crippen molar-refractivity contribution in [2.24, 2.45) is 0 Å². The lowest BCUT2D eigenvalue weighted by Gasteiger charge is -2.10. The van der Waals surface area contributed by atoms with E-state index in [0.29, 0.717) is 12.1 Å². The molecule has 0 unspecified atom stereocenters. The number of benzene rings is 1. The van der Waals surface area contributed by atoms with Crippen molar-refractivity contribution >= 4 is 17.4 Å². The van der Waals surface area contributed by atoms with Gasteiger partial charge in [-0.3, -0.25) is 4.79 Å². The summed E-state index contributed by atoms with van der Waals surface area (Å²) in [7, 11) is 4.12. The fourth-order valence-electron chi connectivity index (χ4n) is 2.40. The molecule has 24 heavy (non-hydrogen) atoms. The number of rotatable bonds is 8. The Morgan fingerprint density at radius 2 is 2.04 bits per heavy atom. The third-order valence-electron chi connectivity index (χ3n) is 3.58. The van der Waals surface area contributed by atoms with Gasteiger partial charge in [-0.05, 0) is 51.7 Å². The average molecular weight is 326 g/mol. The van der Waals surface area contributed by atoms with Crippen molar-refractivity contribution in [1.82, 2.24) is 9.88 Å². The van der Waals surface area contributed by atoms with Gasteiger partial charge < -0.3 is 15.5 Å². The van der Waals surface area contributed by atoms with Crippen LogP contribution in [0.15, 0.2) is 42.6 Å². The lowest BCUT2D eigenvalue weighted by molar-refractivity contribution is -0.115. The van der Waals surface area contributed by atoms with Gasteiger partial charge in [-0.15, -0.1) is 0 Å². The van der Waals surface area contributed by atoms with Crippen molar-refractivity contribution in [2.45, 2.75) is 19.8 Å². The number of anilines is 2. The summed E-state index contributed by atoms with van der Waals surface area (Å²) >= 11 is 0. The van der Waals surface area contributed by atoms with E-state index >= 15 is 0 Å². The van der Waals surface area contributed by atoms with Crippen LogP contribution in [0.1, 0.15) is 17.5 Å². The average Bonchev–Trinajstić information content (AvgIpc) is 2.53. The number of hydrogen-bond acceptors (Lipinski definition) is 4. The van der Waals surface area contributed by atoms with E-state index in [1.165, 1.54) is 0 Å². The molecule has 2 N–H and O–H groups in total. The minimum atomic E-state index is -0.0332. The first-order valence-electron chi connectivity index (χ1n) is 8.23. The van der Waals surface area contributed by atoms with Gasteiger partial charge in [-0.2, -0.15) is 0 Å². The van der Waals surface area contributed by atoms with Crippen LogP contribution in [0, 0.1) is 6.92 Å². The Bertz CT molecular complexity index is 653. The van der Waals surface area contributed by atoms with Crippen molar-refractivity contribution in [3.8, 4) is 0 Å². The summed E-state index contributed by atoms with van der Waals surface area (Å²) in [6.07, 6.45) is 3.11. The zero-order chi connectivity index (χ0) is 17.4. The first-order valence-corrected chi connectivity index (χ1v) is 8.23. The number of nitrogens with one attached hydrogen (secondary N) is 2. The Morgan fingerprint density at radius 3 is 2.71 bits per heavy atom. The smallest absolute Gasteiger partial charge is 0.228 e. The molecule has 0 atom stereocenters. The topological polar surface area (TPSA) is 57.3 Å². The van der Waals surface area contributed by atoms with Crippen molar-refractivity contribution < 1.29 is 4.79 Å². The summed E-state index contributed by atoms with van der Waals surface area (Å²) in [5, 5.41) is 6.16. The predicted molar refractivity (Wildman–Crippen MR) is 99.4 cm³/mol. The Morgan fingerprint density at radius 1 is 1.21 bits per heavy atom. The highest BCUT2D eigenvalue weighted by atomic mass is 16.1. The van der Waals surface area contributed by atoms with Crippen LogP contribution in [0.5, 0.6) is 0 Å². The van der Waals surface area contributed by atoms with Gasteiger partial charge in [0.25, 0.3) is 0 Å². The molecule has 0 spiro atoms. The molecule has 0 aliphatic heterocycles. The predicted octanol–water partition coefficient (Wildman–Crippen LogP) is 2.93. The van der Waals surface area contributed by atoms with E-state index < -0.39 is 0 Å². The summed E-state index contributed by atoms with van der Waals surface area (Å²) in [5.74, 6) is 0.791. The summed E-state index contributed by atoms with van der Waals surface area (Å²) in [4.78, 5) is 18.6. The van der Waals surface area contributed by atoms with Gasteiger partial charge in [-0.25, -0.2) is 4.98 Å². The molecule has 0 saturated heterocycles. The molecule has 5 nitrogen and oxygen atoms in total. The van der Waals surface area contributed by atoms with Crippen LogP contribution in [0.25, 0.3) is 0 Å². The summed E-state index contributed by atoms with van der Waals surface area (Å²) in [6, 6.07) is 11.7. The number of carbonyl (C=O) groups is 1. The normalized spacial score (nSPS) is 10.7. The monoisotopic (exact) mass is 326 g/mol. The Hall–Kier alpha value is -2.40. The molecule has 128 valence electrons. The molecule has 0 fully saturated rings. The minimum absolute atomic E-state index is 0.0332. The molecule has 0 aliphatic carbocycles. The number of carbonyl (C=O) groups excluding carboxylic acids is 1. The third-order valence-corrected chi connectivity index (χ3v) is 3.58. The van der Waals surface area contributed by atoms with Gasteiger partial charge in [-0.1, -0.05) is 29.8 Å². The lowest BCUT2D eigenvalue weighted by atomic mass is 10.1. The van der Waals surface area contributed by atoms with Crippen LogP contribution in [-0.2, 0) is 11.2 Å².